The largest absolute Gasteiger partial charge is 0.496 e. The van der Waals surface area contributed by atoms with Gasteiger partial charge in [0.05, 0.1) is 35.4 Å². The third-order valence-corrected chi connectivity index (χ3v) is 6.21. The molecule has 3 rings (SSSR count). The minimum atomic E-state index is -4.04. The first-order valence-corrected chi connectivity index (χ1v) is 9.98. The fourth-order valence-corrected chi connectivity index (χ4v) is 4.94. The predicted molar refractivity (Wildman–Crippen MR) is 104 cm³/mol. The van der Waals surface area contributed by atoms with Crippen LogP contribution in [0.1, 0.15) is 15.9 Å². The van der Waals surface area contributed by atoms with Gasteiger partial charge in [-0.25, -0.2) is 8.42 Å². The summed E-state index contributed by atoms with van der Waals surface area (Å²) >= 11 is 0.860. The summed E-state index contributed by atoms with van der Waals surface area (Å²) in [6.45, 7) is 0. The lowest BCUT2D eigenvalue weighted by Gasteiger charge is -2.10. The second kappa shape index (κ2) is 7.37. The number of hydrogen-bond acceptors (Lipinski definition) is 7. The molecule has 27 heavy (non-hydrogen) atoms. The van der Waals surface area contributed by atoms with Crippen molar-refractivity contribution in [1.29, 1.82) is 0 Å². The Bertz CT molecular complexity index is 1180. The van der Waals surface area contributed by atoms with Crippen molar-refractivity contribution in [2.24, 2.45) is 0 Å². The quantitative estimate of drug-likeness (QED) is 0.586. The monoisotopic (exact) mass is 405 g/mol. The molecule has 0 amide bonds. The molecular weight excluding hydrogens is 390 g/mol. The number of carbonyl (C=O) groups excluding carboxylic acids is 1. The third-order valence-electron chi connectivity index (χ3n) is 3.82. The molecule has 0 aliphatic carbocycles. The molecule has 0 bridgehead atoms. The van der Waals surface area contributed by atoms with Gasteiger partial charge < -0.3 is 9.47 Å². The van der Waals surface area contributed by atoms with E-state index in [0.717, 1.165) is 20.7 Å². The van der Waals surface area contributed by atoms with Crippen molar-refractivity contribution in [1.82, 2.24) is 3.97 Å². The predicted octanol–water partition coefficient (Wildman–Crippen LogP) is 2.74. The van der Waals surface area contributed by atoms with Crippen LogP contribution in [-0.2, 0) is 10.0 Å². The number of methoxy groups -OCH3 is 2. The Morgan fingerprint density at radius 2 is 1.70 bits per heavy atom. The maximum Gasteiger partial charge on any atom is 0.322 e. The maximum absolute atomic E-state index is 12.7. The summed E-state index contributed by atoms with van der Waals surface area (Å²) in [5.74, 6) is 0.499. The van der Waals surface area contributed by atoms with Gasteiger partial charge in [0.15, 0.2) is 6.29 Å². The van der Waals surface area contributed by atoms with E-state index in [1.807, 2.05) is 0 Å². The van der Waals surface area contributed by atoms with Gasteiger partial charge in [0, 0.05) is 0 Å². The van der Waals surface area contributed by atoms with E-state index >= 15 is 0 Å². The number of aldehydes is 1. The lowest BCUT2D eigenvalue weighted by Crippen LogP contribution is -2.20. The number of para-hydroxylation sites is 1. The zero-order valence-corrected chi connectivity index (χ0v) is 16.0. The van der Waals surface area contributed by atoms with Crippen LogP contribution in [0.2, 0.25) is 0 Å². The molecule has 0 aliphatic heterocycles. The van der Waals surface area contributed by atoms with Crippen LogP contribution in [-0.4, -0.2) is 32.9 Å². The topological polar surface area (TPSA) is 91.7 Å². The van der Waals surface area contributed by atoms with Gasteiger partial charge in [0.2, 0.25) is 0 Å². The highest BCUT2D eigenvalue weighted by atomic mass is 32.2. The average molecular weight is 405 g/mol. The molecule has 0 spiro atoms. The SMILES string of the molecule is COc1cc(/C=C/S(=O)(=O)n2c(=O)sc3ccccc32)cc(OC)c1C=O. The fourth-order valence-electron chi connectivity index (χ4n) is 2.58. The number of aromatic nitrogens is 1. The van der Waals surface area contributed by atoms with Gasteiger partial charge in [-0.05, 0) is 35.9 Å². The van der Waals surface area contributed by atoms with E-state index in [9.17, 15) is 18.0 Å². The van der Waals surface area contributed by atoms with Crippen LogP contribution in [0.25, 0.3) is 16.3 Å². The van der Waals surface area contributed by atoms with Gasteiger partial charge in [-0.15, -0.1) is 0 Å². The fraction of sp³-hybridized carbons (Fsp3) is 0.111. The second-order valence-electron chi connectivity index (χ2n) is 5.40. The van der Waals surface area contributed by atoms with Gasteiger partial charge in [-0.1, -0.05) is 23.5 Å². The smallest absolute Gasteiger partial charge is 0.322 e. The van der Waals surface area contributed by atoms with Crippen LogP contribution in [0.3, 0.4) is 0 Å². The molecule has 140 valence electrons. The van der Waals surface area contributed by atoms with Crippen molar-refractivity contribution in [3.63, 3.8) is 0 Å². The zero-order valence-electron chi connectivity index (χ0n) is 14.4. The van der Waals surface area contributed by atoms with Crippen molar-refractivity contribution < 1.29 is 22.7 Å². The number of carbonyl (C=O) groups is 1. The number of rotatable bonds is 6. The van der Waals surface area contributed by atoms with Crippen LogP contribution in [0, 0.1) is 0 Å². The highest BCUT2D eigenvalue weighted by molar-refractivity contribution is 7.93. The van der Waals surface area contributed by atoms with Crippen molar-refractivity contribution in [2.75, 3.05) is 14.2 Å². The van der Waals surface area contributed by atoms with Crippen molar-refractivity contribution in [3.05, 3.63) is 62.6 Å². The Kier molecular flexibility index (Phi) is 5.15. The number of nitrogens with zero attached hydrogens (tertiary/aromatic N) is 1. The highest BCUT2D eigenvalue weighted by Gasteiger charge is 2.18. The van der Waals surface area contributed by atoms with Crippen LogP contribution in [0.15, 0.2) is 46.6 Å². The van der Waals surface area contributed by atoms with Gasteiger partial charge in [-0.2, -0.15) is 3.97 Å². The lowest BCUT2D eigenvalue weighted by atomic mass is 10.1. The molecule has 0 aliphatic rings. The van der Waals surface area contributed by atoms with Crippen LogP contribution in [0.5, 0.6) is 11.5 Å². The molecule has 0 atom stereocenters. The number of hydrogen-bond donors (Lipinski definition) is 0. The Balaban J connectivity index is 2.08. The van der Waals surface area contributed by atoms with E-state index in [1.165, 1.54) is 32.4 Å². The summed E-state index contributed by atoms with van der Waals surface area (Å²) < 4.78 is 37.0. The highest BCUT2D eigenvalue weighted by Crippen LogP contribution is 2.29. The molecule has 1 aromatic heterocycles. The molecule has 0 saturated heterocycles. The molecule has 0 unspecified atom stereocenters. The standard InChI is InChI=1S/C18H15NO6S2/c1-24-15-9-12(10-16(25-2)13(15)11-20)7-8-27(22,23)19-14-5-3-4-6-17(14)26-18(19)21/h3-11H,1-2H3/b8-7+. The molecule has 3 aromatic rings. The van der Waals surface area contributed by atoms with Crippen molar-refractivity contribution in [2.45, 2.75) is 0 Å². The molecule has 9 heteroatoms. The number of thiazole rings is 1. The summed E-state index contributed by atoms with van der Waals surface area (Å²) in [4.78, 5) is 22.8. The van der Waals surface area contributed by atoms with Crippen molar-refractivity contribution >= 4 is 43.9 Å². The van der Waals surface area contributed by atoms with Crippen LogP contribution < -0.4 is 14.3 Å². The van der Waals surface area contributed by atoms with E-state index in [0.29, 0.717) is 22.1 Å². The first-order chi connectivity index (χ1) is 12.9. The minimum Gasteiger partial charge on any atom is -0.496 e. The summed E-state index contributed by atoms with van der Waals surface area (Å²) in [5.41, 5.74) is 0.981. The summed E-state index contributed by atoms with van der Waals surface area (Å²) in [6.07, 6.45) is 1.91. The molecule has 0 N–H and O–H groups in total. The van der Waals surface area contributed by atoms with E-state index < -0.39 is 14.9 Å². The van der Waals surface area contributed by atoms with Crippen LogP contribution >= 0.6 is 11.3 Å². The average Bonchev–Trinajstić information content (AvgIpc) is 3.01. The van der Waals surface area contributed by atoms with Crippen molar-refractivity contribution in [3.8, 4) is 11.5 Å². The second-order valence-corrected chi connectivity index (χ2v) is 8.07. The molecule has 1 heterocycles. The van der Waals surface area contributed by atoms with E-state index in [4.69, 9.17) is 9.47 Å². The lowest BCUT2D eigenvalue weighted by molar-refractivity contribution is 0.111. The third kappa shape index (κ3) is 3.51. The Morgan fingerprint density at radius 3 is 2.30 bits per heavy atom. The number of benzene rings is 2. The summed E-state index contributed by atoms with van der Waals surface area (Å²) in [7, 11) is -1.26. The van der Waals surface area contributed by atoms with E-state index in [2.05, 4.69) is 0 Å². The van der Waals surface area contributed by atoms with Crippen LogP contribution in [0.4, 0.5) is 0 Å². The normalized spacial score (nSPS) is 11.8. The Hall–Kier alpha value is -2.91. The molecule has 0 radical (unpaired) electrons. The van der Waals surface area contributed by atoms with Gasteiger partial charge in [-0.3, -0.25) is 9.59 Å². The molecule has 2 aromatic carbocycles. The Morgan fingerprint density at radius 1 is 1.07 bits per heavy atom. The van der Waals surface area contributed by atoms with Gasteiger partial charge in [0.25, 0.3) is 10.0 Å². The minimum absolute atomic E-state index is 0.222. The van der Waals surface area contributed by atoms with Gasteiger partial charge in [0.1, 0.15) is 11.5 Å². The zero-order chi connectivity index (χ0) is 19.6. The first-order valence-electron chi connectivity index (χ1n) is 7.66. The number of fused-ring (bicyclic) bond motifs is 1. The van der Waals surface area contributed by atoms with Gasteiger partial charge >= 0.3 is 4.87 Å². The Labute approximate surface area is 159 Å². The molecule has 0 fully saturated rings. The number of ether oxygens (including phenoxy) is 2. The van der Waals surface area contributed by atoms with E-state index in [1.54, 1.807) is 24.3 Å². The molecule has 7 nitrogen and oxygen atoms in total. The summed E-state index contributed by atoms with van der Waals surface area (Å²) in [6, 6.07) is 9.67. The first kappa shape index (κ1) is 18.9. The maximum atomic E-state index is 12.7. The molecule has 0 saturated carbocycles. The summed E-state index contributed by atoms with van der Waals surface area (Å²) in [5, 5.41) is 0.933. The van der Waals surface area contributed by atoms with E-state index in [-0.39, 0.29) is 17.1 Å². The molecular formula is C18H15NO6S2.